The number of aromatic nitrogens is 2. The smallest absolute Gasteiger partial charge is 0.276 e. The average Bonchev–Trinajstić information content (AvgIpc) is 3.07. The van der Waals surface area contributed by atoms with Gasteiger partial charge in [-0.3, -0.25) is 0 Å². The summed E-state index contributed by atoms with van der Waals surface area (Å²) >= 11 is 1.52. The fourth-order valence-electron chi connectivity index (χ4n) is 2.53. The summed E-state index contributed by atoms with van der Waals surface area (Å²) in [5, 5.41) is 8.86. The maximum absolute atomic E-state index is 5.73. The second kappa shape index (κ2) is 8.72. The molecule has 2 aromatic carbocycles. The Labute approximate surface area is 152 Å². The fourth-order valence-corrected chi connectivity index (χ4v) is 3.13. The summed E-state index contributed by atoms with van der Waals surface area (Å²) in [5.74, 6) is 2.69. The lowest BCUT2D eigenvalue weighted by atomic mass is 9.98. The maximum atomic E-state index is 5.73. The Morgan fingerprint density at radius 1 is 1.08 bits per heavy atom. The number of hydrogen-bond donors (Lipinski definition) is 0. The van der Waals surface area contributed by atoms with Crippen LogP contribution in [0.4, 0.5) is 0 Å². The first-order valence-electron chi connectivity index (χ1n) is 8.40. The molecule has 25 heavy (non-hydrogen) atoms. The molecule has 0 N–H and O–H groups in total. The van der Waals surface area contributed by atoms with E-state index in [9.17, 15) is 0 Å². The molecule has 0 spiro atoms. The van der Waals surface area contributed by atoms with Gasteiger partial charge in [0, 0.05) is 12.2 Å². The van der Waals surface area contributed by atoms with Gasteiger partial charge in [0.25, 0.3) is 5.22 Å². The van der Waals surface area contributed by atoms with E-state index in [1.807, 2.05) is 24.3 Å². The van der Waals surface area contributed by atoms with Gasteiger partial charge in [0.15, 0.2) is 0 Å². The molecule has 0 saturated heterocycles. The number of nitrogens with zero attached hydrogens (tertiary/aromatic N) is 2. The van der Waals surface area contributed by atoms with Gasteiger partial charge in [-0.05, 0) is 36.1 Å². The molecule has 1 heterocycles. The molecule has 4 nitrogen and oxygen atoms in total. The highest BCUT2D eigenvalue weighted by Crippen LogP contribution is 2.22. The third-order valence-electron chi connectivity index (χ3n) is 3.86. The van der Waals surface area contributed by atoms with Crippen LogP contribution in [0.5, 0.6) is 5.75 Å². The van der Waals surface area contributed by atoms with Crippen LogP contribution in [0.25, 0.3) is 0 Å². The molecule has 5 heteroatoms. The van der Waals surface area contributed by atoms with Gasteiger partial charge >= 0.3 is 0 Å². The summed E-state index contributed by atoms with van der Waals surface area (Å²) in [5.41, 5.74) is 2.47. The van der Waals surface area contributed by atoms with Gasteiger partial charge in [-0.15, -0.1) is 10.2 Å². The van der Waals surface area contributed by atoms with E-state index >= 15 is 0 Å². The molecular weight excluding hydrogens is 332 g/mol. The largest absolute Gasteiger partial charge is 0.493 e. The zero-order valence-electron chi connectivity index (χ0n) is 14.5. The van der Waals surface area contributed by atoms with E-state index in [1.165, 1.54) is 22.9 Å². The van der Waals surface area contributed by atoms with Crippen molar-refractivity contribution in [2.24, 2.45) is 0 Å². The van der Waals surface area contributed by atoms with Crippen molar-refractivity contribution in [1.29, 1.82) is 0 Å². The van der Waals surface area contributed by atoms with Gasteiger partial charge in [-0.2, -0.15) is 0 Å². The van der Waals surface area contributed by atoms with E-state index in [0.29, 0.717) is 23.6 Å². The van der Waals surface area contributed by atoms with Crippen LogP contribution in [0.1, 0.15) is 29.9 Å². The topological polar surface area (TPSA) is 48.2 Å². The molecule has 130 valence electrons. The molecule has 0 saturated carbocycles. The predicted molar refractivity (Wildman–Crippen MR) is 100 cm³/mol. The Hall–Kier alpha value is -2.27. The molecule has 0 aliphatic heterocycles. The quantitative estimate of drug-likeness (QED) is 0.425. The summed E-state index contributed by atoms with van der Waals surface area (Å²) in [7, 11) is 0. The van der Waals surface area contributed by atoms with E-state index in [-0.39, 0.29) is 0 Å². The number of ether oxygens (including phenoxy) is 1. The van der Waals surface area contributed by atoms with Crippen LogP contribution in [0.3, 0.4) is 0 Å². The molecule has 0 bridgehead atoms. The number of benzene rings is 2. The number of hydrogen-bond acceptors (Lipinski definition) is 5. The number of thioether (sulfide) groups is 1. The molecule has 1 aromatic heterocycles. The highest BCUT2D eigenvalue weighted by molar-refractivity contribution is 7.99. The minimum atomic E-state index is 0.351. The van der Waals surface area contributed by atoms with Gasteiger partial charge in [-0.1, -0.05) is 61.2 Å². The highest BCUT2D eigenvalue weighted by atomic mass is 32.2. The van der Waals surface area contributed by atoms with Crippen LogP contribution in [-0.4, -0.2) is 22.6 Å². The summed E-state index contributed by atoms with van der Waals surface area (Å²) in [6, 6.07) is 18.4. The van der Waals surface area contributed by atoms with Gasteiger partial charge in [0.1, 0.15) is 5.75 Å². The van der Waals surface area contributed by atoms with Crippen LogP contribution >= 0.6 is 11.8 Å². The Balaban J connectivity index is 1.44. The van der Waals surface area contributed by atoms with E-state index < -0.39 is 0 Å². The van der Waals surface area contributed by atoms with E-state index in [2.05, 4.69) is 54.4 Å². The van der Waals surface area contributed by atoms with Gasteiger partial charge in [0.2, 0.25) is 5.89 Å². The van der Waals surface area contributed by atoms with Gasteiger partial charge in [-0.25, -0.2) is 0 Å². The lowest BCUT2D eigenvalue weighted by Crippen LogP contribution is -2.00. The van der Waals surface area contributed by atoms with Crippen molar-refractivity contribution in [3.63, 3.8) is 0 Å². The molecule has 1 atom stereocenters. The first-order valence-corrected chi connectivity index (χ1v) is 9.39. The second-order valence-electron chi connectivity index (χ2n) is 5.99. The molecule has 0 aliphatic carbocycles. The maximum Gasteiger partial charge on any atom is 0.276 e. The first kappa shape index (κ1) is 17.5. The van der Waals surface area contributed by atoms with E-state index in [4.69, 9.17) is 9.15 Å². The SMILES string of the molecule is Cc1cccc(OCCSc2nnc(CC(C)c3ccccc3)o2)c1. The Morgan fingerprint density at radius 3 is 2.72 bits per heavy atom. The average molecular weight is 354 g/mol. The van der Waals surface area contributed by atoms with Gasteiger partial charge < -0.3 is 9.15 Å². The minimum absolute atomic E-state index is 0.351. The highest BCUT2D eigenvalue weighted by Gasteiger charge is 2.12. The summed E-state index contributed by atoms with van der Waals surface area (Å²) in [6.45, 7) is 4.83. The second-order valence-corrected chi connectivity index (χ2v) is 7.04. The Kier molecular flexibility index (Phi) is 6.12. The van der Waals surface area contributed by atoms with Crippen molar-refractivity contribution in [2.45, 2.75) is 31.4 Å². The van der Waals surface area contributed by atoms with Crippen LogP contribution < -0.4 is 4.74 Å². The third-order valence-corrected chi connectivity index (χ3v) is 4.65. The number of aryl methyl sites for hydroxylation is 1. The van der Waals surface area contributed by atoms with Crippen molar-refractivity contribution < 1.29 is 9.15 Å². The molecule has 0 aliphatic rings. The normalized spacial score (nSPS) is 12.1. The molecular formula is C20H22N2O2S. The molecule has 3 aromatic rings. The summed E-state index contributed by atoms with van der Waals surface area (Å²) in [4.78, 5) is 0. The Bertz CT molecular complexity index is 789. The predicted octanol–water partition coefficient (Wildman–Crippen LogP) is 4.90. The fraction of sp³-hybridized carbons (Fsp3) is 0.300. The monoisotopic (exact) mass is 354 g/mol. The van der Waals surface area contributed by atoms with Crippen molar-refractivity contribution in [1.82, 2.24) is 10.2 Å². The van der Waals surface area contributed by atoms with Gasteiger partial charge in [0.05, 0.1) is 6.61 Å². The molecule has 0 radical (unpaired) electrons. The number of rotatable bonds is 8. The minimum Gasteiger partial charge on any atom is -0.493 e. The van der Waals surface area contributed by atoms with Crippen LogP contribution in [0.15, 0.2) is 64.2 Å². The molecule has 0 amide bonds. The van der Waals surface area contributed by atoms with E-state index in [0.717, 1.165) is 17.9 Å². The summed E-state index contributed by atoms with van der Waals surface area (Å²) < 4.78 is 11.5. The lowest BCUT2D eigenvalue weighted by molar-refractivity contribution is 0.342. The van der Waals surface area contributed by atoms with Crippen molar-refractivity contribution >= 4 is 11.8 Å². The zero-order valence-corrected chi connectivity index (χ0v) is 15.3. The molecule has 1 unspecified atom stereocenters. The van der Waals surface area contributed by atoms with Crippen molar-refractivity contribution in [2.75, 3.05) is 12.4 Å². The summed E-state index contributed by atoms with van der Waals surface area (Å²) in [6.07, 6.45) is 0.747. The third kappa shape index (κ3) is 5.36. The van der Waals surface area contributed by atoms with Crippen molar-refractivity contribution in [3.8, 4) is 5.75 Å². The zero-order chi connectivity index (χ0) is 17.5. The molecule has 3 rings (SSSR count). The first-order chi connectivity index (χ1) is 12.2. The molecule has 0 fully saturated rings. The van der Waals surface area contributed by atoms with Crippen LogP contribution in [0.2, 0.25) is 0 Å². The standard InChI is InChI=1S/C20H22N2O2S/c1-15-7-6-10-18(13-15)23-11-12-25-20-22-21-19(24-20)14-16(2)17-8-4-3-5-9-17/h3-10,13,16H,11-12,14H2,1-2H3. The van der Waals surface area contributed by atoms with E-state index in [1.54, 1.807) is 0 Å². The van der Waals surface area contributed by atoms with Crippen LogP contribution in [0, 0.1) is 6.92 Å². The van der Waals surface area contributed by atoms with Crippen molar-refractivity contribution in [3.05, 3.63) is 71.6 Å². The van der Waals surface area contributed by atoms with Crippen LogP contribution in [-0.2, 0) is 6.42 Å². The lowest BCUT2D eigenvalue weighted by Gasteiger charge is -2.08. The Morgan fingerprint density at radius 2 is 1.92 bits per heavy atom.